The van der Waals surface area contributed by atoms with E-state index < -0.39 is 26.9 Å². The van der Waals surface area contributed by atoms with Gasteiger partial charge in [0.05, 0.1) is 22.1 Å². The molecule has 0 radical (unpaired) electrons. The van der Waals surface area contributed by atoms with E-state index in [2.05, 4.69) is 0 Å². The van der Waals surface area contributed by atoms with Gasteiger partial charge in [0.15, 0.2) is 9.84 Å². The van der Waals surface area contributed by atoms with Gasteiger partial charge in [0.2, 0.25) is 0 Å². The smallest absolute Gasteiger partial charge is 0.261 e. The van der Waals surface area contributed by atoms with Crippen molar-refractivity contribution in [1.29, 1.82) is 0 Å². The zero-order chi connectivity index (χ0) is 15.6. The quantitative estimate of drug-likeness (QED) is 0.588. The maximum Gasteiger partial charge on any atom is 0.261 e. The van der Waals surface area contributed by atoms with Crippen molar-refractivity contribution < 1.29 is 18.0 Å². The third-order valence-corrected chi connectivity index (χ3v) is 6.30. The number of alkyl halides is 1. The minimum Gasteiger partial charge on any atom is -0.273 e. The number of sulfone groups is 1. The van der Waals surface area contributed by atoms with Crippen LogP contribution in [-0.4, -0.2) is 48.6 Å². The lowest BCUT2D eigenvalue weighted by atomic mass is 10.1. The maximum absolute atomic E-state index is 12.2. The average Bonchev–Trinajstić information content (AvgIpc) is 2.69. The summed E-state index contributed by atoms with van der Waals surface area (Å²) in [5, 5.41) is -0.929. The number of hydrogen-bond acceptors (Lipinski definition) is 4. The Morgan fingerprint density at radius 3 is 2.10 bits per heavy atom. The zero-order valence-electron chi connectivity index (χ0n) is 11.6. The van der Waals surface area contributed by atoms with Crippen molar-refractivity contribution in [1.82, 2.24) is 4.90 Å². The number of amides is 2. The lowest BCUT2D eigenvalue weighted by molar-refractivity contribution is 0.0656. The van der Waals surface area contributed by atoms with Gasteiger partial charge in [-0.1, -0.05) is 19.1 Å². The van der Waals surface area contributed by atoms with Crippen LogP contribution in [0.3, 0.4) is 0 Å². The maximum atomic E-state index is 12.2. The van der Waals surface area contributed by atoms with Crippen molar-refractivity contribution >= 4 is 33.3 Å². The molecule has 1 unspecified atom stereocenters. The van der Waals surface area contributed by atoms with E-state index in [1.54, 1.807) is 31.2 Å². The van der Waals surface area contributed by atoms with Crippen LogP contribution in [0.25, 0.3) is 0 Å². The number of nitrogens with zero attached hydrogens (tertiary/aromatic N) is 1. The van der Waals surface area contributed by atoms with E-state index in [0.717, 1.165) is 4.90 Å². The molecule has 114 valence electrons. The molecule has 1 heterocycles. The first kappa shape index (κ1) is 16.0. The third kappa shape index (κ3) is 2.96. The van der Waals surface area contributed by atoms with Gasteiger partial charge in [0, 0.05) is 12.4 Å². The van der Waals surface area contributed by atoms with Crippen molar-refractivity contribution in [2.45, 2.75) is 18.6 Å². The minimum absolute atomic E-state index is 0.00639. The van der Waals surface area contributed by atoms with Gasteiger partial charge in [-0.3, -0.25) is 14.5 Å². The third-order valence-electron chi connectivity index (χ3n) is 3.43. The lowest BCUT2D eigenvalue weighted by Crippen LogP contribution is -2.42. The molecule has 5 nitrogen and oxygen atoms in total. The van der Waals surface area contributed by atoms with E-state index in [-0.39, 0.29) is 18.2 Å². The molecule has 1 atom stereocenters. The highest BCUT2D eigenvalue weighted by Crippen LogP contribution is 2.23. The second-order valence-corrected chi connectivity index (χ2v) is 7.62. The summed E-state index contributed by atoms with van der Waals surface area (Å²) in [5.41, 5.74) is 0.618. The van der Waals surface area contributed by atoms with Crippen LogP contribution in [0.1, 0.15) is 34.1 Å². The van der Waals surface area contributed by atoms with Gasteiger partial charge < -0.3 is 0 Å². The van der Waals surface area contributed by atoms with Crippen LogP contribution in [-0.2, 0) is 9.84 Å². The van der Waals surface area contributed by atoms with Gasteiger partial charge >= 0.3 is 0 Å². The fraction of sp³-hybridized carbons (Fsp3) is 0.429. The largest absolute Gasteiger partial charge is 0.273 e. The topological polar surface area (TPSA) is 71.5 Å². The van der Waals surface area contributed by atoms with Gasteiger partial charge in [0.25, 0.3) is 11.8 Å². The van der Waals surface area contributed by atoms with Crippen LogP contribution in [0, 0.1) is 0 Å². The number of carbonyl (C=O) groups is 2. The summed E-state index contributed by atoms with van der Waals surface area (Å²) in [7, 11) is -3.42. The number of rotatable bonds is 6. The monoisotopic (exact) mass is 329 g/mol. The Balaban J connectivity index is 2.25. The standard InChI is InChI=1S/C14H16ClNO4S/c1-2-7-21(19,20)10(8-15)9-16-13(17)11-5-3-4-6-12(11)14(16)18/h3-6,10H,2,7-9H2,1H3. The number of imide groups is 1. The summed E-state index contributed by atoms with van der Waals surface area (Å²) in [6.45, 7) is 1.56. The molecule has 0 aliphatic carbocycles. The molecule has 1 aliphatic rings. The van der Waals surface area contributed by atoms with E-state index in [4.69, 9.17) is 11.6 Å². The highest BCUT2D eigenvalue weighted by Gasteiger charge is 2.38. The fourth-order valence-corrected chi connectivity index (χ4v) is 4.46. The molecule has 0 N–H and O–H groups in total. The highest BCUT2D eigenvalue weighted by atomic mass is 35.5. The van der Waals surface area contributed by atoms with Gasteiger partial charge in [-0.05, 0) is 18.6 Å². The molecule has 0 spiro atoms. The minimum atomic E-state index is -3.42. The predicted molar refractivity (Wildman–Crippen MR) is 80.4 cm³/mol. The van der Waals surface area contributed by atoms with Gasteiger partial charge in [-0.25, -0.2) is 8.42 Å². The van der Waals surface area contributed by atoms with E-state index in [9.17, 15) is 18.0 Å². The van der Waals surface area contributed by atoms with E-state index in [1.807, 2.05) is 0 Å². The molecular formula is C14H16ClNO4S. The molecule has 21 heavy (non-hydrogen) atoms. The normalized spacial score (nSPS) is 16.2. The van der Waals surface area contributed by atoms with Crippen LogP contribution in [0.4, 0.5) is 0 Å². The number of benzene rings is 1. The molecule has 0 saturated heterocycles. The zero-order valence-corrected chi connectivity index (χ0v) is 13.2. The Morgan fingerprint density at radius 2 is 1.67 bits per heavy atom. The Bertz CT molecular complexity index is 636. The first-order valence-electron chi connectivity index (χ1n) is 6.65. The summed E-state index contributed by atoms with van der Waals surface area (Å²) >= 11 is 5.74. The van der Waals surface area contributed by atoms with Crippen molar-refractivity contribution in [2.24, 2.45) is 0 Å². The van der Waals surface area contributed by atoms with Crippen molar-refractivity contribution in [3.63, 3.8) is 0 Å². The van der Waals surface area contributed by atoms with E-state index >= 15 is 0 Å². The van der Waals surface area contributed by atoms with Crippen LogP contribution in [0.5, 0.6) is 0 Å². The molecule has 1 aromatic rings. The summed E-state index contributed by atoms with van der Waals surface area (Å²) < 4.78 is 24.2. The van der Waals surface area contributed by atoms with Gasteiger partial charge in [-0.2, -0.15) is 0 Å². The molecule has 0 fully saturated rings. The molecule has 2 rings (SSSR count). The van der Waals surface area contributed by atoms with Crippen LogP contribution in [0.15, 0.2) is 24.3 Å². The van der Waals surface area contributed by atoms with Crippen molar-refractivity contribution in [3.05, 3.63) is 35.4 Å². The molecule has 7 heteroatoms. The van der Waals surface area contributed by atoms with Crippen molar-refractivity contribution in [2.75, 3.05) is 18.2 Å². The Labute approximate surface area is 128 Å². The van der Waals surface area contributed by atoms with Crippen LogP contribution < -0.4 is 0 Å². The van der Waals surface area contributed by atoms with Gasteiger partial charge in [-0.15, -0.1) is 11.6 Å². The second-order valence-electron chi connectivity index (χ2n) is 4.91. The first-order chi connectivity index (χ1) is 9.92. The summed E-state index contributed by atoms with van der Waals surface area (Å²) in [5.74, 6) is -1.07. The molecule has 1 aliphatic heterocycles. The Kier molecular flexibility index (Phi) is 4.68. The average molecular weight is 330 g/mol. The molecule has 1 aromatic carbocycles. The molecule has 2 amide bonds. The predicted octanol–water partition coefficient (Wildman–Crippen LogP) is 1.71. The number of fused-ring (bicyclic) bond motifs is 1. The van der Waals surface area contributed by atoms with Crippen LogP contribution in [0.2, 0.25) is 0 Å². The molecule has 0 aromatic heterocycles. The number of carbonyl (C=O) groups excluding carboxylic acids is 2. The number of halogens is 1. The highest BCUT2D eigenvalue weighted by molar-refractivity contribution is 7.92. The second kappa shape index (κ2) is 6.15. The molecule has 0 bridgehead atoms. The van der Waals surface area contributed by atoms with E-state index in [1.165, 1.54) is 0 Å². The summed E-state index contributed by atoms with van der Waals surface area (Å²) in [6.07, 6.45) is 0.470. The SMILES string of the molecule is CCCS(=O)(=O)C(CCl)CN1C(=O)c2ccccc2C1=O. The van der Waals surface area contributed by atoms with Crippen molar-refractivity contribution in [3.8, 4) is 0 Å². The first-order valence-corrected chi connectivity index (χ1v) is 8.90. The lowest BCUT2D eigenvalue weighted by Gasteiger charge is -2.20. The Morgan fingerprint density at radius 1 is 1.14 bits per heavy atom. The van der Waals surface area contributed by atoms with Gasteiger partial charge in [0.1, 0.15) is 0 Å². The molecular weight excluding hydrogens is 314 g/mol. The van der Waals surface area contributed by atoms with Crippen LogP contribution >= 0.6 is 11.6 Å². The summed E-state index contributed by atoms with van der Waals surface area (Å²) in [4.78, 5) is 25.4. The molecule has 0 saturated carbocycles. The Hall–Kier alpha value is -1.40. The summed E-state index contributed by atoms with van der Waals surface area (Å²) in [6, 6.07) is 6.46. The fourth-order valence-electron chi connectivity index (χ4n) is 2.32. The van der Waals surface area contributed by atoms with E-state index in [0.29, 0.717) is 17.5 Å². The number of hydrogen-bond donors (Lipinski definition) is 0.